The topological polar surface area (TPSA) is 66.6 Å². The Labute approximate surface area is 210 Å². The number of hydrogen-bond donors (Lipinski definition) is 2. The maximum absolute atomic E-state index is 12.7. The van der Waals surface area contributed by atoms with Gasteiger partial charge < -0.3 is 9.67 Å². The van der Waals surface area contributed by atoms with Crippen molar-refractivity contribution in [1.29, 1.82) is 0 Å². The van der Waals surface area contributed by atoms with Crippen LogP contribution in [0.3, 0.4) is 0 Å². The van der Waals surface area contributed by atoms with E-state index in [1.807, 2.05) is 24.3 Å². The number of hydrogen-bond acceptors (Lipinski definition) is 3. The van der Waals surface area contributed by atoms with E-state index in [2.05, 4.69) is 76.6 Å². The van der Waals surface area contributed by atoms with E-state index in [-0.39, 0.29) is 18.1 Å². The largest absolute Gasteiger partial charge is 0.507 e. The molecule has 0 bridgehead atoms. The Hall–Kier alpha value is -4.64. The number of fused-ring (bicyclic) bond motifs is 1. The molecule has 5 rings (SSSR count). The van der Waals surface area contributed by atoms with Crippen LogP contribution in [0.1, 0.15) is 17.5 Å². The Morgan fingerprint density at radius 3 is 2.25 bits per heavy atom. The summed E-state index contributed by atoms with van der Waals surface area (Å²) in [4.78, 5) is 12.7. The molecular formula is C31H27N3O2. The van der Waals surface area contributed by atoms with Gasteiger partial charge in [-0.3, -0.25) is 4.79 Å². The van der Waals surface area contributed by atoms with Crippen LogP contribution in [0.4, 0.5) is 0 Å². The highest BCUT2D eigenvalue weighted by molar-refractivity contribution is 6.05. The molecule has 4 aromatic carbocycles. The second kappa shape index (κ2) is 10.3. The molecule has 0 aliphatic rings. The number of aromatic hydroxyl groups is 1. The molecule has 0 spiro atoms. The predicted octanol–water partition coefficient (Wildman–Crippen LogP) is 6.53. The molecule has 0 saturated carbocycles. The van der Waals surface area contributed by atoms with Gasteiger partial charge in [-0.2, -0.15) is 5.10 Å². The van der Waals surface area contributed by atoms with Gasteiger partial charge in [-0.25, -0.2) is 5.43 Å². The number of carbonyl (C=O) groups is 1. The van der Waals surface area contributed by atoms with Gasteiger partial charge in [-0.1, -0.05) is 91.0 Å². The smallest absolute Gasteiger partial charge is 0.241 e. The lowest BCUT2D eigenvalue weighted by molar-refractivity contribution is -0.121. The summed E-state index contributed by atoms with van der Waals surface area (Å²) >= 11 is 0. The fourth-order valence-corrected chi connectivity index (χ4v) is 4.65. The average molecular weight is 474 g/mol. The molecule has 1 amide bonds. The lowest BCUT2D eigenvalue weighted by Crippen LogP contribution is -2.19. The van der Waals surface area contributed by atoms with Crippen molar-refractivity contribution in [1.82, 2.24) is 9.99 Å². The summed E-state index contributed by atoms with van der Waals surface area (Å²) in [7, 11) is 0. The normalized spacial score (nSPS) is 11.2. The maximum atomic E-state index is 12.7. The molecule has 5 heteroatoms. The van der Waals surface area contributed by atoms with Gasteiger partial charge >= 0.3 is 0 Å². The molecule has 36 heavy (non-hydrogen) atoms. The van der Waals surface area contributed by atoms with E-state index in [0.717, 1.165) is 33.3 Å². The third kappa shape index (κ3) is 4.64. The standard InChI is InChI=1S/C31H27N3O2/c1-22-11-10-17-26-29(23-12-4-2-5-13-23)31(24-14-6-3-7-15-24)34(30(22)26)20-19-28(36)33-32-21-25-16-8-9-18-27(25)35/h2-18,21,35H,19-20H2,1H3,(H,33,36)/b32-21+. The van der Waals surface area contributed by atoms with Crippen molar-refractivity contribution in [3.05, 3.63) is 114 Å². The Morgan fingerprint density at radius 1 is 0.861 bits per heavy atom. The molecule has 5 nitrogen and oxygen atoms in total. The molecule has 0 aliphatic carbocycles. The number of hydrazone groups is 1. The van der Waals surface area contributed by atoms with Gasteiger partial charge in [0, 0.05) is 29.5 Å². The number of amides is 1. The molecule has 0 atom stereocenters. The number of nitrogens with zero attached hydrogens (tertiary/aromatic N) is 2. The molecule has 0 aliphatic heterocycles. The highest BCUT2D eigenvalue weighted by atomic mass is 16.3. The second-order valence-electron chi connectivity index (χ2n) is 8.68. The summed E-state index contributed by atoms with van der Waals surface area (Å²) in [5.74, 6) is -0.0805. The number of aromatic nitrogens is 1. The van der Waals surface area contributed by atoms with Gasteiger partial charge in [0.2, 0.25) is 5.91 Å². The Bertz CT molecular complexity index is 1540. The minimum atomic E-state index is -0.197. The first-order chi connectivity index (χ1) is 17.6. The van der Waals surface area contributed by atoms with E-state index in [9.17, 15) is 9.90 Å². The van der Waals surface area contributed by atoms with Crippen molar-refractivity contribution in [2.45, 2.75) is 19.9 Å². The van der Waals surface area contributed by atoms with Crippen molar-refractivity contribution in [3.8, 4) is 28.1 Å². The molecule has 178 valence electrons. The number of phenols is 1. The molecule has 0 saturated heterocycles. The molecular weight excluding hydrogens is 446 g/mol. The van der Waals surface area contributed by atoms with E-state index in [1.165, 1.54) is 11.8 Å². The molecule has 1 aromatic heterocycles. The lowest BCUT2D eigenvalue weighted by Gasteiger charge is -2.13. The van der Waals surface area contributed by atoms with Crippen LogP contribution in [0.25, 0.3) is 33.3 Å². The number of carbonyl (C=O) groups excluding carboxylic acids is 1. The SMILES string of the molecule is Cc1cccc2c(-c3ccccc3)c(-c3ccccc3)n(CCC(=O)N/N=C/c3ccccc3O)c12. The third-order valence-corrected chi connectivity index (χ3v) is 6.29. The van der Waals surface area contributed by atoms with E-state index in [4.69, 9.17) is 0 Å². The number of rotatable bonds is 7. The quantitative estimate of drug-likeness (QED) is 0.208. The first-order valence-corrected chi connectivity index (χ1v) is 12.0. The Kier molecular flexibility index (Phi) is 6.63. The van der Waals surface area contributed by atoms with Crippen molar-refractivity contribution in [2.24, 2.45) is 5.10 Å². The van der Waals surface area contributed by atoms with Crippen LogP contribution in [0, 0.1) is 6.92 Å². The maximum Gasteiger partial charge on any atom is 0.241 e. The van der Waals surface area contributed by atoms with Crippen LogP contribution in [-0.2, 0) is 11.3 Å². The highest BCUT2D eigenvalue weighted by Crippen LogP contribution is 2.42. The van der Waals surface area contributed by atoms with Crippen molar-refractivity contribution in [3.63, 3.8) is 0 Å². The minimum absolute atomic E-state index is 0.116. The van der Waals surface area contributed by atoms with Crippen LogP contribution in [-0.4, -0.2) is 21.8 Å². The first-order valence-electron chi connectivity index (χ1n) is 12.0. The van der Waals surface area contributed by atoms with Crippen molar-refractivity contribution in [2.75, 3.05) is 0 Å². The molecule has 0 fully saturated rings. The molecule has 0 unspecified atom stereocenters. The van der Waals surface area contributed by atoms with Gasteiger partial charge in [0.05, 0.1) is 17.4 Å². The zero-order chi connectivity index (χ0) is 24.9. The number of benzene rings is 4. The van der Waals surface area contributed by atoms with E-state index >= 15 is 0 Å². The number of phenolic OH excluding ortho intramolecular Hbond substituents is 1. The Morgan fingerprint density at radius 2 is 1.53 bits per heavy atom. The number of para-hydroxylation sites is 2. The summed E-state index contributed by atoms with van der Waals surface area (Å²) in [6.07, 6.45) is 1.70. The third-order valence-electron chi connectivity index (χ3n) is 6.29. The number of nitrogens with one attached hydrogen (secondary N) is 1. The van der Waals surface area contributed by atoms with Gasteiger partial charge in [-0.15, -0.1) is 0 Å². The van der Waals surface area contributed by atoms with Crippen LogP contribution in [0.5, 0.6) is 5.75 Å². The summed E-state index contributed by atoms with van der Waals surface area (Å²) in [6.45, 7) is 2.61. The monoisotopic (exact) mass is 473 g/mol. The first kappa shape index (κ1) is 23.1. The lowest BCUT2D eigenvalue weighted by atomic mass is 9.98. The number of aryl methyl sites for hydroxylation is 2. The zero-order valence-corrected chi connectivity index (χ0v) is 20.1. The van der Waals surface area contributed by atoms with Gasteiger partial charge in [0.25, 0.3) is 0 Å². The molecule has 0 radical (unpaired) electrons. The summed E-state index contributed by atoms with van der Waals surface area (Å²) < 4.78 is 2.26. The van der Waals surface area contributed by atoms with Gasteiger partial charge in [0.15, 0.2) is 0 Å². The summed E-state index contributed by atoms with van der Waals surface area (Å²) in [5.41, 5.74) is 9.93. The van der Waals surface area contributed by atoms with Crippen LogP contribution in [0.15, 0.2) is 108 Å². The van der Waals surface area contributed by atoms with E-state index in [1.54, 1.807) is 24.3 Å². The minimum Gasteiger partial charge on any atom is -0.507 e. The molecule has 1 heterocycles. The fraction of sp³-hybridized carbons (Fsp3) is 0.0968. The van der Waals surface area contributed by atoms with Gasteiger partial charge in [-0.05, 0) is 35.7 Å². The zero-order valence-electron chi connectivity index (χ0n) is 20.1. The van der Waals surface area contributed by atoms with Crippen molar-refractivity contribution >= 4 is 23.0 Å². The Balaban J connectivity index is 1.52. The summed E-state index contributed by atoms with van der Waals surface area (Å²) in [5, 5.41) is 15.1. The van der Waals surface area contributed by atoms with Crippen molar-refractivity contribution < 1.29 is 9.90 Å². The van der Waals surface area contributed by atoms with Gasteiger partial charge in [0.1, 0.15) is 5.75 Å². The van der Waals surface area contributed by atoms with Crippen LogP contribution < -0.4 is 5.43 Å². The fourth-order valence-electron chi connectivity index (χ4n) is 4.65. The molecule has 2 N–H and O–H groups in total. The highest BCUT2D eigenvalue weighted by Gasteiger charge is 2.21. The molecule has 5 aromatic rings. The van der Waals surface area contributed by atoms with E-state index in [0.29, 0.717) is 12.1 Å². The van der Waals surface area contributed by atoms with E-state index < -0.39 is 0 Å². The van der Waals surface area contributed by atoms with Crippen LogP contribution in [0.2, 0.25) is 0 Å². The summed E-state index contributed by atoms with van der Waals surface area (Å²) in [6, 6.07) is 33.9. The average Bonchev–Trinajstić information content (AvgIpc) is 3.25. The predicted molar refractivity (Wildman–Crippen MR) is 146 cm³/mol. The second-order valence-corrected chi connectivity index (χ2v) is 8.68. The van der Waals surface area contributed by atoms with Crippen LogP contribution >= 0.6 is 0 Å².